The fourth-order valence-electron chi connectivity index (χ4n) is 2.97. The van der Waals surface area contributed by atoms with Crippen molar-refractivity contribution in [3.63, 3.8) is 0 Å². The first kappa shape index (κ1) is 18.1. The van der Waals surface area contributed by atoms with E-state index in [1.54, 1.807) is 24.3 Å². The van der Waals surface area contributed by atoms with Crippen LogP contribution < -0.4 is 16.0 Å². The van der Waals surface area contributed by atoms with Gasteiger partial charge in [-0.25, -0.2) is 9.59 Å². The molecule has 0 aromatic heterocycles. The van der Waals surface area contributed by atoms with E-state index in [0.717, 1.165) is 32.1 Å². The number of nitrogens with one attached hydrogen (secondary N) is 3. The monoisotopic (exact) mass is 335 g/mol. The van der Waals surface area contributed by atoms with Crippen LogP contribution >= 0.6 is 0 Å². The number of carbonyl (C=O) groups excluding carboxylic acids is 2. The van der Waals surface area contributed by atoms with Crippen LogP contribution in [-0.4, -0.2) is 37.0 Å². The molecular formula is C17H25N3O4. The van der Waals surface area contributed by atoms with Crippen molar-refractivity contribution in [2.75, 3.05) is 24.4 Å². The standard InChI is InChI=1S/C17H25N3O4/c1-24-17(23)19-14-8-5-7-13(10-14)18-16(22)20-15-9-4-2-3-6-12(15)11-21/h5,7-8,10,12,15,21H,2-4,6,9,11H2,1H3,(H,19,23)(H2,18,20,22)/t12-,15-/m0/s1. The number of aliphatic hydroxyl groups excluding tert-OH is 1. The Balaban J connectivity index is 1.93. The zero-order valence-electron chi connectivity index (χ0n) is 13.9. The predicted molar refractivity (Wildman–Crippen MR) is 92.1 cm³/mol. The fourth-order valence-corrected chi connectivity index (χ4v) is 2.97. The van der Waals surface area contributed by atoms with Gasteiger partial charge in [-0.05, 0) is 31.0 Å². The van der Waals surface area contributed by atoms with Gasteiger partial charge in [0, 0.05) is 29.9 Å². The van der Waals surface area contributed by atoms with Crippen molar-refractivity contribution in [2.24, 2.45) is 5.92 Å². The average molecular weight is 335 g/mol. The van der Waals surface area contributed by atoms with Crippen molar-refractivity contribution >= 4 is 23.5 Å². The summed E-state index contributed by atoms with van der Waals surface area (Å²) < 4.78 is 4.54. The second-order valence-corrected chi connectivity index (χ2v) is 5.98. The summed E-state index contributed by atoms with van der Waals surface area (Å²) >= 11 is 0. The molecule has 24 heavy (non-hydrogen) atoms. The summed E-state index contributed by atoms with van der Waals surface area (Å²) in [5, 5.41) is 17.8. The predicted octanol–water partition coefficient (Wildman–Crippen LogP) is 2.93. The molecule has 1 aliphatic carbocycles. The number of ether oxygens (including phenoxy) is 1. The highest BCUT2D eigenvalue weighted by atomic mass is 16.5. The minimum Gasteiger partial charge on any atom is -0.453 e. The van der Waals surface area contributed by atoms with E-state index in [0.29, 0.717) is 11.4 Å². The molecule has 0 saturated heterocycles. The van der Waals surface area contributed by atoms with Crippen LogP contribution in [-0.2, 0) is 4.74 Å². The zero-order chi connectivity index (χ0) is 17.4. The molecule has 1 fully saturated rings. The molecule has 2 atom stereocenters. The van der Waals surface area contributed by atoms with Gasteiger partial charge in [0.05, 0.1) is 7.11 Å². The Labute approximate surface area is 141 Å². The molecule has 0 radical (unpaired) electrons. The molecule has 0 unspecified atom stereocenters. The summed E-state index contributed by atoms with van der Waals surface area (Å²) in [6.45, 7) is 0.0868. The molecule has 7 heteroatoms. The Morgan fingerprint density at radius 2 is 1.88 bits per heavy atom. The Hall–Kier alpha value is -2.28. The van der Waals surface area contributed by atoms with E-state index in [-0.39, 0.29) is 24.6 Å². The highest BCUT2D eigenvalue weighted by molar-refractivity contribution is 5.91. The maximum absolute atomic E-state index is 12.2. The van der Waals surface area contributed by atoms with Crippen molar-refractivity contribution in [1.82, 2.24) is 5.32 Å². The lowest BCUT2D eigenvalue weighted by atomic mass is 9.96. The van der Waals surface area contributed by atoms with Gasteiger partial charge in [0.1, 0.15) is 0 Å². The van der Waals surface area contributed by atoms with E-state index in [1.165, 1.54) is 7.11 Å². The molecule has 132 valence electrons. The van der Waals surface area contributed by atoms with Gasteiger partial charge in [-0.15, -0.1) is 0 Å². The summed E-state index contributed by atoms with van der Waals surface area (Å²) in [4.78, 5) is 23.5. The molecule has 1 aromatic rings. The average Bonchev–Trinajstić information content (AvgIpc) is 2.79. The van der Waals surface area contributed by atoms with Crippen molar-refractivity contribution in [3.8, 4) is 0 Å². The van der Waals surface area contributed by atoms with Gasteiger partial charge in [-0.3, -0.25) is 5.32 Å². The number of rotatable bonds is 4. The lowest BCUT2D eigenvalue weighted by Crippen LogP contribution is -2.43. The number of hydrogen-bond acceptors (Lipinski definition) is 4. The van der Waals surface area contributed by atoms with Gasteiger partial charge >= 0.3 is 12.1 Å². The molecule has 4 N–H and O–H groups in total. The first-order valence-corrected chi connectivity index (χ1v) is 8.25. The van der Waals surface area contributed by atoms with Gasteiger partial charge in [0.25, 0.3) is 0 Å². The minimum atomic E-state index is -0.569. The maximum Gasteiger partial charge on any atom is 0.411 e. The third-order valence-corrected chi connectivity index (χ3v) is 4.26. The number of benzene rings is 1. The summed E-state index contributed by atoms with van der Waals surface area (Å²) in [5.74, 6) is 0.102. The van der Waals surface area contributed by atoms with Crippen LogP contribution in [0.25, 0.3) is 0 Å². The van der Waals surface area contributed by atoms with Crippen LogP contribution in [0.5, 0.6) is 0 Å². The van der Waals surface area contributed by atoms with Crippen LogP contribution in [0.15, 0.2) is 24.3 Å². The fraction of sp³-hybridized carbons (Fsp3) is 0.529. The molecular weight excluding hydrogens is 310 g/mol. The summed E-state index contributed by atoms with van der Waals surface area (Å²) in [5.41, 5.74) is 1.10. The largest absolute Gasteiger partial charge is 0.453 e. The Bertz CT molecular complexity index is 565. The van der Waals surface area contributed by atoms with Gasteiger partial charge in [0.15, 0.2) is 0 Å². The normalized spacial score (nSPS) is 20.6. The Kier molecular flexibility index (Phi) is 6.87. The van der Waals surface area contributed by atoms with Crippen LogP contribution in [0, 0.1) is 5.92 Å². The Morgan fingerprint density at radius 3 is 2.58 bits per heavy atom. The van der Waals surface area contributed by atoms with Gasteiger partial charge in [-0.2, -0.15) is 0 Å². The number of anilines is 2. The topological polar surface area (TPSA) is 99.7 Å². The van der Waals surface area contributed by atoms with Crippen molar-refractivity contribution in [1.29, 1.82) is 0 Å². The zero-order valence-corrected chi connectivity index (χ0v) is 13.9. The van der Waals surface area contributed by atoms with E-state index < -0.39 is 6.09 Å². The first-order chi connectivity index (χ1) is 11.6. The first-order valence-electron chi connectivity index (χ1n) is 8.25. The molecule has 2 rings (SSSR count). The van der Waals surface area contributed by atoms with E-state index in [2.05, 4.69) is 20.7 Å². The van der Waals surface area contributed by atoms with Gasteiger partial charge in [-0.1, -0.05) is 25.3 Å². The molecule has 7 nitrogen and oxygen atoms in total. The number of urea groups is 1. The quantitative estimate of drug-likeness (QED) is 0.636. The van der Waals surface area contributed by atoms with Crippen molar-refractivity contribution in [3.05, 3.63) is 24.3 Å². The summed E-state index contributed by atoms with van der Waals surface area (Å²) in [7, 11) is 1.29. The van der Waals surface area contributed by atoms with E-state index in [1.807, 2.05) is 0 Å². The number of hydrogen-bond donors (Lipinski definition) is 4. The smallest absolute Gasteiger partial charge is 0.411 e. The molecule has 0 bridgehead atoms. The number of methoxy groups -OCH3 is 1. The summed E-state index contributed by atoms with van der Waals surface area (Å²) in [6, 6.07) is 6.48. The summed E-state index contributed by atoms with van der Waals surface area (Å²) in [6.07, 6.45) is 4.52. The second kappa shape index (κ2) is 9.12. The third-order valence-electron chi connectivity index (χ3n) is 4.26. The lowest BCUT2D eigenvalue weighted by Gasteiger charge is -2.24. The number of amides is 3. The van der Waals surface area contributed by atoms with E-state index in [9.17, 15) is 14.7 Å². The molecule has 1 aliphatic rings. The van der Waals surface area contributed by atoms with Crippen LogP contribution in [0.3, 0.4) is 0 Å². The second-order valence-electron chi connectivity index (χ2n) is 5.98. The van der Waals surface area contributed by atoms with Crippen LogP contribution in [0.4, 0.5) is 21.0 Å². The number of carbonyl (C=O) groups is 2. The molecule has 3 amide bonds. The SMILES string of the molecule is COC(=O)Nc1cccc(NC(=O)N[C@H]2CCCCC[C@H]2CO)c1. The minimum absolute atomic E-state index is 0.0196. The maximum atomic E-state index is 12.2. The molecule has 1 aromatic carbocycles. The van der Waals surface area contributed by atoms with Gasteiger partial charge < -0.3 is 20.5 Å². The van der Waals surface area contributed by atoms with Crippen molar-refractivity contribution in [2.45, 2.75) is 38.1 Å². The Morgan fingerprint density at radius 1 is 1.17 bits per heavy atom. The van der Waals surface area contributed by atoms with E-state index in [4.69, 9.17) is 0 Å². The van der Waals surface area contributed by atoms with Gasteiger partial charge in [0.2, 0.25) is 0 Å². The molecule has 0 aliphatic heterocycles. The molecule has 0 spiro atoms. The molecule has 1 saturated carbocycles. The molecule has 0 heterocycles. The van der Waals surface area contributed by atoms with Crippen LogP contribution in [0.2, 0.25) is 0 Å². The van der Waals surface area contributed by atoms with E-state index >= 15 is 0 Å². The highest BCUT2D eigenvalue weighted by Crippen LogP contribution is 2.23. The number of aliphatic hydroxyl groups is 1. The van der Waals surface area contributed by atoms with Crippen LogP contribution in [0.1, 0.15) is 32.1 Å². The third kappa shape index (κ3) is 5.42. The van der Waals surface area contributed by atoms with Crippen molar-refractivity contribution < 1.29 is 19.4 Å². The lowest BCUT2D eigenvalue weighted by molar-refractivity contribution is 0.182. The highest BCUT2D eigenvalue weighted by Gasteiger charge is 2.24.